The molecule has 2 rings (SSSR count). The van der Waals surface area contributed by atoms with Gasteiger partial charge >= 0.3 is 0 Å². The first kappa shape index (κ1) is 12.2. The summed E-state index contributed by atoms with van der Waals surface area (Å²) in [5.74, 6) is 2.23. The molecule has 2 unspecified atom stereocenters. The average Bonchev–Trinajstić information content (AvgIpc) is 2.27. The number of halogens is 1. The van der Waals surface area contributed by atoms with Crippen molar-refractivity contribution in [3.63, 3.8) is 0 Å². The lowest BCUT2D eigenvalue weighted by Gasteiger charge is -2.35. The molecule has 1 aliphatic heterocycles. The molecule has 0 aliphatic carbocycles. The first-order chi connectivity index (χ1) is 8.10. The first-order valence-electron chi connectivity index (χ1n) is 5.91. The minimum atomic E-state index is 0.302. The largest absolute Gasteiger partial charge is 0.356 e. The molecular formula is C13H16ClN3. The van der Waals surface area contributed by atoms with Crippen LogP contribution in [0.5, 0.6) is 0 Å². The summed E-state index contributed by atoms with van der Waals surface area (Å²) in [5.41, 5.74) is 0.438. The van der Waals surface area contributed by atoms with Crippen molar-refractivity contribution >= 4 is 17.4 Å². The highest BCUT2D eigenvalue weighted by molar-refractivity contribution is 6.30. The minimum Gasteiger partial charge on any atom is -0.356 e. The van der Waals surface area contributed by atoms with Gasteiger partial charge in [0.15, 0.2) is 0 Å². The van der Waals surface area contributed by atoms with Crippen LogP contribution in [0, 0.1) is 23.2 Å². The summed E-state index contributed by atoms with van der Waals surface area (Å²) in [4.78, 5) is 6.56. The summed E-state index contributed by atoms with van der Waals surface area (Å²) < 4.78 is 0. The Bertz CT molecular complexity index is 442. The van der Waals surface area contributed by atoms with Crippen molar-refractivity contribution in [3.05, 3.63) is 22.8 Å². The van der Waals surface area contributed by atoms with Crippen LogP contribution in [0.15, 0.2) is 12.1 Å². The van der Waals surface area contributed by atoms with E-state index in [0.29, 0.717) is 22.6 Å². The van der Waals surface area contributed by atoms with E-state index in [2.05, 4.69) is 23.7 Å². The summed E-state index contributed by atoms with van der Waals surface area (Å²) in [6.45, 7) is 6.54. The quantitative estimate of drug-likeness (QED) is 0.718. The minimum absolute atomic E-state index is 0.302. The Morgan fingerprint density at radius 2 is 2.00 bits per heavy atom. The molecule has 3 nitrogen and oxygen atoms in total. The van der Waals surface area contributed by atoms with Crippen molar-refractivity contribution in [2.45, 2.75) is 20.3 Å². The predicted molar refractivity (Wildman–Crippen MR) is 69.1 cm³/mol. The van der Waals surface area contributed by atoms with E-state index in [0.717, 1.165) is 18.9 Å². The number of piperidine rings is 1. The van der Waals surface area contributed by atoms with Gasteiger partial charge in [-0.15, -0.1) is 0 Å². The van der Waals surface area contributed by atoms with E-state index < -0.39 is 0 Å². The fourth-order valence-electron chi connectivity index (χ4n) is 2.53. The van der Waals surface area contributed by atoms with Crippen molar-refractivity contribution in [3.8, 4) is 6.07 Å². The Morgan fingerprint density at radius 3 is 2.53 bits per heavy atom. The summed E-state index contributed by atoms with van der Waals surface area (Å²) in [6, 6.07) is 5.66. The molecule has 1 saturated heterocycles. The average molecular weight is 250 g/mol. The molecule has 4 heteroatoms. The van der Waals surface area contributed by atoms with Crippen LogP contribution in [0.25, 0.3) is 0 Å². The van der Waals surface area contributed by atoms with Gasteiger partial charge < -0.3 is 4.90 Å². The molecule has 0 bridgehead atoms. The van der Waals surface area contributed by atoms with E-state index in [1.54, 1.807) is 6.07 Å². The number of anilines is 1. The highest BCUT2D eigenvalue weighted by atomic mass is 35.5. The zero-order chi connectivity index (χ0) is 12.4. The fraction of sp³-hybridized carbons (Fsp3) is 0.538. The van der Waals surface area contributed by atoms with Crippen LogP contribution in [-0.4, -0.2) is 18.1 Å². The summed E-state index contributed by atoms with van der Waals surface area (Å²) in [6.07, 6.45) is 1.26. The lowest BCUT2D eigenvalue weighted by Crippen LogP contribution is -2.39. The summed E-state index contributed by atoms with van der Waals surface area (Å²) in [5, 5.41) is 9.12. The zero-order valence-corrected chi connectivity index (χ0v) is 10.9. The van der Waals surface area contributed by atoms with Gasteiger partial charge in [0.2, 0.25) is 0 Å². The van der Waals surface area contributed by atoms with Gasteiger partial charge in [-0.05, 0) is 30.4 Å². The number of aromatic nitrogens is 1. The zero-order valence-electron chi connectivity index (χ0n) is 10.2. The Balaban J connectivity index is 2.22. The second-order valence-corrected chi connectivity index (χ2v) is 5.33. The van der Waals surface area contributed by atoms with Crippen molar-refractivity contribution in [2.75, 3.05) is 18.0 Å². The Labute approximate surface area is 107 Å². The maximum absolute atomic E-state index is 8.82. The Kier molecular flexibility index (Phi) is 3.54. The van der Waals surface area contributed by atoms with Crippen LogP contribution in [0.4, 0.5) is 5.82 Å². The van der Waals surface area contributed by atoms with Gasteiger partial charge in [-0.3, -0.25) is 0 Å². The van der Waals surface area contributed by atoms with Gasteiger partial charge in [-0.2, -0.15) is 5.26 Å². The van der Waals surface area contributed by atoms with Crippen LogP contribution < -0.4 is 4.90 Å². The smallest absolute Gasteiger partial charge is 0.149 e. The molecule has 90 valence electrons. The van der Waals surface area contributed by atoms with E-state index in [-0.39, 0.29) is 0 Å². The van der Waals surface area contributed by atoms with Crippen molar-refractivity contribution in [2.24, 2.45) is 11.8 Å². The topological polar surface area (TPSA) is 39.9 Å². The molecular weight excluding hydrogens is 234 g/mol. The van der Waals surface area contributed by atoms with Crippen molar-refractivity contribution in [1.82, 2.24) is 4.98 Å². The predicted octanol–water partition coefficient (Wildman–Crippen LogP) is 3.09. The molecule has 2 atom stereocenters. The van der Waals surface area contributed by atoms with Gasteiger partial charge in [-0.1, -0.05) is 25.4 Å². The maximum atomic E-state index is 8.82. The van der Waals surface area contributed by atoms with E-state index in [4.69, 9.17) is 16.9 Å². The number of hydrogen-bond acceptors (Lipinski definition) is 3. The molecule has 1 aliphatic rings. The van der Waals surface area contributed by atoms with Crippen LogP contribution in [0.2, 0.25) is 5.15 Å². The molecule has 0 spiro atoms. The van der Waals surface area contributed by atoms with E-state index in [9.17, 15) is 0 Å². The standard InChI is InChI=1S/C13H16ClN3/c1-9-5-10(2)8-17(7-9)12-4-3-11(6-15)13(14)16-12/h3-4,9-10H,5,7-8H2,1-2H3. The van der Waals surface area contributed by atoms with Crippen molar-refractivity contribution in [1.29, 1.82) is 5.26 Å². The highest BCUT2D eigenvalue weighted by Gasteiger charge is 2.23. The molecule has 1 aromatic rings. The van der Waals surface area contributed by atoms with Crippen LogP contribution in [0.3, 0.4) is 0 Å². The Morgan fingerprint density at radius 1 is 1.35 bits per heavy atom. The van der Waals surface area contributed by atoms with Gasteiger partial charge in [-0.25, -0.2) is 4.98 Å². The van der Waals surface area contributed by atoms with Gasteiger partial charge in [0, 0.05) is 13.1 Å². The number of hydrogen-bond donors (Lipinski definition) is 0. The van der Waals surface area contributed by atoms with E-state index in [1.807, 2.05) is 12.1 Å². The second kappa shape index (κ2) is 4.93. The third-order valence-electron chi connectivity index (χ3n) is 3.15. The molecule has 0 radical (unpaired) electrons. The molecule has 0 aromatic carbocycles. The van der Waals surface area contributed by atoms with Crippen LogP contribution in [-0.2, 0) is 0 Å². The molecule has 0 amide bonds. The fourth-order valence-corrected chi connectivity index (χ4v) is 2.73. The third-order valence-corrected chi connectivity index (χ3v) is 3.44. The van der Waals surface area contributed by atoms with Gasteiger partial charge in [0.25, 0.3) is 0 Å². The van der Waals surface area contributed by atoms with Crippen molar-refractivity contribution < 1.29 is 0 Å². The lowest BCUT2D eigenvalue weighted by atomic mass is 9.92. The maximum Gasteiger partial charge on any atom is 0.149 e. The second-order valence-electron chi connectivity index (χ2n) is 4.97. The molecule has 0 N–H and O–H groups in total. The normalized spacial score (nSPS) is 24.5. The van der Waals surface area contributed by atoms with Gasteiger partial charge in [0.05, 0.1) is 5.56 Å². The number of pyridine rings is 1. The van der Waals surface area contributed by atoms with Crippen LogP contribution >= 0.6 is 11.6 Å². The molecule has 1 aromatic heterocycles. The van der Waals surface area contributed by atoms with Gasteiger partial charge in [0.1, 0.15) is 17.0 Å². The van der Waals surface area contributed by atoms with Crippen LogP contribution in [0.1, 0.15) is 25.8 Å². The SMILES string of the molecule is CC1CC(C)CN(c2ccc(C#N)c(Cl)n2)C1. The lowest BCUT2D eigenvalue weighted by molar-refractivity contribution is 0.355. The monoisotopic (exact) mass is 249 g/mol. The number of rotatable bonds is 1. The number of nitrogens with zero attached hydrogens (tertiary/aromatic N) is 3. The summed E-state index contributed by atoms with van der Waals surface area (Å²) >= 11 is 5.96. The van der Waals surface area contributed by atoms with E-state index in [1.165, 1.54) is 6.42 Å². The highest BCUT2D eigenvalue weighted by Crippen LogP contribution is 2.26. The number of nitriles is 1. The van der Waals surface area contributed by atoms with E-state index >= 15 is 0 Å². The molecule has 0 saturated carbocycles. The Hall–Kier alpha value is -1.27. The third kappa shape index (κ3) is 2.70. The summed E-state index contributed by atoms with van der Waals surface area (Å²) in [7, 11) is 0. The first-order valence-corrected chi connectivity index (χ1v) is 6.29. The molecule has 1 fully saturated rings. The molecule has 2 heterocycles. The molecule has 17 heavy (non-hydrogen) atoms.